The molecule has 224 valence electrons. The van der Waals surface area contributed by atoms with Crippen LogP contribution in [0.1, 0.15) is 168 Å². The zero-order valence-electron chi connectivity index (χ0n) is 25.2. The van der Waals surface area contributed by atoms with E-state index in [-0.39, 0.29) is 25.2 Å². The van der Waals surface area contributed by atoms with Crippen LogP contribution in [0.5, 0.6) is 0 Å². The summed E-state index contributed by atoms with van der Waals surface area (Å²) in [7, 11) is 0. The second-order valence-corrected chi connectivity index (χ2v) is 10.9. The third-order valence-corrected chi connectivity index (χ3v) is 7.06. The Morgan fingerprint density at radius 3 is 1.45 bits per heavy atom. The van der Waals surface area contributed by atoms with E-state index in [0.29, 0.717) is 12.8 Å². The Labute approximate surface area is 235 Å². The van der Waals surface area contributed by atoms with Crippen molar-refractivity contribution in [2.24, 2.45) is 0 Å². The van der Waals surface area contributed by atoms with Gasteiger partial charge in [0.1, 0.15) is 6.61 Å². The lowest BCUT2D eigenvalue weighted by molar-refractivity contribution is -0.161. The topological polar surface area (TPSA) is 72.8 Å². The molecule has 0 spiro atoms. The van der Waals surface area contributed by atoms with Crippen LogP contribution in [0.15, 0.2) is 12.2 Å². The van der Waals surface area contributed by atoms with Crippen molar-refractivity contribution in [1.82, 2.24) is 0 Å². The van der Waals surface area contributed by atoms with Crippen LogP contribution in [-0.2, 0) is 19.1 Å². The van der Waals surface area contributed by atoms with Gasteiger partial charge in [0.2, 0.25) is 0 Å². The lowest BCUT2D eigenvalue weighted by atomic mass is 10.1. The Morgan fingerprint density at radius 2 is 0.974 bits per heavy atom. The summed E-state index contributed by atoms with van der Waals surface area (Å²) in [6, 6.07) is 0. The van der Waals surface area contributed by atoms with Gasteiger partial charge in [0.25, 0.3) is 0 Å². The fourth-order valence-corrected chi connectivity index (χ4v) is 4.55. The van der Waals surface area contributed by atoms with Gasteiger partial charge in [-0.05, 0) is 38.5 Å². The van der Waals surface area contributed by atoms with Gasteiger partial charge in [0.05, 0.1) is 6.61 Å². The van der Waals surface area contributed by atoms with Gasteiger partial charge in [-0.15, -0.1) is 0 Å². The van der Waals surface area contributed by atoms with Crippen molar-refractivity contribution in [2.75, 3.05) is 13.2 Å². The number of aliphatic hydroxyl groups excluding tert-OH is 1. The molecule has 0 heterocycles. The first-order valence-corrected chi connectivity index (χ1v) is 16.2. The largest absolute Gasteiger partial charge is 0.462 e. The fraction of sp³-hybridized carbons (Fsp3) is 0.879. The van der Waals surface area contributed by atoms with Gasteiger partial charge < -0.3 is 14.6 Å². The predicted molar refractivity (Wildman–Crippen MR) is 159 cm³/mol. The van der Waals surface area contributed by atoms with Crippen LogP contribution in [0.2, 0.25) is 0 Å². The van der Waals surface area contributed by atoms with Gasteiger partial charge in [-0.25, -0.2) is 0 Å². The van der Waals surface area contributed by atoms with E-state index in [1.54, 1.807) is 0 Å². The van der Waals surface area contributed by atoms with Crippen LogP contribution < -0.4 is 0 Å². The van der Waals surface area contributed by atoms with Crippen LogP contribution in [0.25, 0.3) is 0 Å². The fourth-order valence-electron chi connectivity index (χ4n) is 4.55. The van der Waals surface area contributed by atoms with E-state index in [4.69, 9.17) is 9.47 Å². The van der Waals surface area contributed by atoms with Crippen LogP contribution in [0.3, 0.4) is 0 Å². The van der Waals surface area contributed by atoms with E-state index < -0.39 is 6.10 Å². The minimum absolute atomic E-state index is 0.0643. The lowest BCUT2D eigenvalue weighted by Gasteiger charge is -2.15. The molecule has 38 heavy (non-hydrogen) atoms. The number of aliphatic hydroxyl groups is 1. The Hall–Kier alpha value is -1.36. The monoisotopic (exact) mass is 538 g/mol. The zero-order chi connectivity index (χ0) is 27.9. The summed E-state index contributed by atoms with van der Waals surface area (Å²) in [6.45, 7) is 4.09. The molecule has 0 radical (unpaired) electrons. The van der Waals surface area contributed by atoms with Crippen molar-refractivity contribution in [3.05, 3.63) is 12.2 Å². The number of esters is 2. The molecule has 0 rings (SSSR count). The van der Waals surface area contributed by atoms with Crippen LogP contribution in [-0.4, -0.2) is 36.4 Å². The number of unbranched alkanes of at least 4 members (excludes halogenated alkanes) is 19. The molecule has 0 aromatic rings. The number of rotatable bonds is 29. The third kappa shape index (κ3) is 27.7. The maximum absolute atomic E-state index is 12.1. The Bertz CT molecular complexity index is 546. The highest BCUT2D eigenvalue weighted by Gasteiger charge is 2.16. The average Bonchev–Trinajstić information content (AvgIpc) is 2.92. The quantitative estimate of drug-likeness (QED) is 0.0583. The minimum atomic E-state index is -0.766. The SMILES string of the molecule is CCCCCCC=CCCCCCCCC(=O)OC(CO)COC(=O)CCCCCCCCCCCCC. The summed E-state index contributed by atoms with van der Waals surface area (Å²) in [6.07, 6.45) is 31.1. The summed E-state index contributed by atoms with van der Waals surface area (Å²) in [5, 5.41) is 9.48. The molecule has 1 atom stereocenters. The molecule has 0 aromatic heterocycles. The van der Waals surface area contributed by atoms with Gasteiger partial charge in [-0.1, -0.05) is 129 Å². The Balaban J connectivity index is 3.59. The first kappa shape index (κ1) is 36.6. The second kappa shape index (κ2) is 30.2. The van der Waals surface area contributed by atoms with Crippen LogP contribution >= 0.6 is 0 Å². The van der Waals surface area contributed by atoms with Gasteiger partial charge >= 0.3 is 11.9 Å². The van der Waals surface area contributed by atoms with E-state index in [0.717, 1.165) is 44.9 Å². The van der Waals surface area contributed by atoms with E-state index in [2.05, 4.69) is 26.0 Å². The van der Waals surface area contributed by atoms with E-state index in [1.807, 2.05) is 0 Å². The first-order valence-electron chi connectivity index (χ1n) is 16.2. The standard InChI is InChI=1S/C33H62O5/c1-3-5-7-9-11-13-15-16-18-20-22-24-26-28-33(36)38-31(29-34)30-37-32(35)27-25-23-21-19-17-14-12-10-8-6-4-2/h13,15,31,34H,3-12,14,16-30H2,1-2H3. The molecule has 0 bridgehead atoms. The minimum Gasteiger partial charge on any atom is -0.462 e. The van der Waals surface area contributed by atoms with E-state index >= 15 is 0 Å². The van der Waals surface area contributed by atoms with Crippen molar-refractivity contribution in [2.45, 2.75) is 174 Å². The van der Waals surface area contributed by atoms with Crippen LogP contribution in [0.4, 0.5) is 0 Å². The molecule has 0 aliphatic rings. The lowest BCUT2D eigenvalue weighted by Crippen LogP contribution is -2.28. The molecule has 0 aliphatic carbocycles. The number of carbonyl (C=O) groups excluding carboxylic acids is 2. The van der Waals surface area contributed by atoms with Crippen molar-refractivity contribution >= 4 is 11.9 Å². The van der Waals surface area contributed by atoms with Crippen molar-refractivity contribution < 1.29 is 24.2 Å². The van der Waals surface area contributed by atoms with Crippen LogP contribution in [0, 0.1) is 0 Å². The molecular weight excluding hydrogens is 476 g/mol. The van der Waals surface area contributed by atoms with E-state index in [1.165, 1.54) is 96.3 Å². The maximum Gasteiger partial charge on any atom is 0.306 e. The number of allylic oxidation sites excluding steroid dienone is 2. The van der Waals surface area contributed by atoms with Crippen molar-refractivity contribution in [1.29, 1.82) is 0 Å². The third-order valence-electron chi connectivity index (χ3n) is 7.06. The highest BCUT2D eigenvalue weighted by molar-refractivity contribution is 5.70. The molecule has 1 unspecified atom stereocenters. The molecule has 0 fully saturated rings. The highest BCUT2D eigenvalue weighted by atomic mass is 16.6. The molecule has 0 amide bonds. The van der Waals surface area contributed by atoms with Gasteiger partial charge in [0.15, 0.2) is 6.10 Å². The summed E-state index contributed by atoms with van der Waals surface area (Å²) in [5.41, 5.74) is 0. The van der Waals surface area contributed by atoms with E-state index in [9.17, 15) is 14.7 Å². The Kier molecular flexibility index (Phi) is 29.1. The number of ether oxygens (including phenoxy) is 2. The summed E-state index contributed by atoms with van der Waals surface area (Å²) >= 11 is 0. The first-order chi connectivity index (χ1) is 18.6. The number of hydrogen-bond acceptors (Lipinski definition) is 5. The van der Waals surface area contributed by atoms with Gasteiger partial charge in [-0.3, -0.25) is 9.59 Å². The normalized spacial score (nSPS) is 12.2. The summed E-state index contributed by atoms with van der Waals surface area (Å²) in [5.74, 6) is -0.599. The molecule has 0 aromatic carbocycles. The molecule has 5 heteroatoms. The maximum atomic E-state index is 12.1. The summed E-state index contributed by atoms with van der Waals surface area (Å²) in [4.78, 5) is 24.0. The summed E-state index contributed by atoms with van der Waals surface area (Å²) < 4.78 is 10.5. The highest BCUT2D eigenvalue weighted by Crippen LogP contribution is 2.13. The number of hydrogen-bond donors (Lipinski definition) is 1. The predicted octanol–water partition coefficient (Wildman–Crippen LogP) is 9.39. The Morgan fingerprint density at radius 1 is 0.579 bits per heavy atom. The van der Waals surface area contributed by atoms with Gasteiger partial charge in [0, 0.05) is 12.8 Å². The van der Waals surface area contributed by atoms with Gasteiger partial charge in [-0.2, -0.15) is 0 Å². The van der Waals surface area contributed by atoms with Crippen molar-refractivity contribution in [3.63, 3.8) is 0 Å². The molecular formula is C33H62O5. The zero-order valence-corrected chi connectivity index (χ0v) is 25.2. The molecule has 0 aliphatic heterocycles. The average molecular weight is 539 g/mol. The smallest absolute Gasteiger partial charge is 0.306 e. The molecule has 0 saturated carbocycles. The molecule has 5 nitrogen and oxygen atoms in total. The molecule has 0 saturated heterocycles. The van der Waals surface area contributed by atoms with Crippen molar-refractivity contribution in [3.8, 4) is 0 Å². The second-order valence-electron chi connectivity index (χ2n) is 10.9. The molecule has 1 N–H and O–H groups in total. The number of carbonyl (C=O) groups is 2.